The molecule has 1 atom stereocenters. The number of aromatic amines is 1. The standard InChI is InChI=1S/C19H28N4O/c1-11-20-18(22-21-11)14-3-2-4-23(10-14)19(24)17-15-6-12-5-13(8-15)9-16(17)7-12/h12-17H,2-10H2,1H3,(H,20,21,22)/t12?,13?,14-,15?,16?,17?/m0/s1. The van der Waals surface area contributed by atoms with Gasteiger partial charge >= 0.3 is 0 Å². The second-order valence-corrected chi connectivity index (χ2v) is 8.86. The number of hydrogen-bond acceptors (Lipinski definition) is 3. The number of H-pyrrole nitrogens is 1. The molecular formula is C19H28N4O. The van der Waals surface area contributed by atoms with Crippen molar-refractivity contribution in [3.8, 4) is 0 Å². The minimum Gasteiger partial charge on any atom is -0.342 e. The van der Waals surface area contributed by atoms with Gasteiger partial charge in [0.25, 0.3) is 0 Å². The third-order valence-electron chi connectivity index (χ3n) is 7.22. The molecule has 5 heteroatoms. The first-order valence-corrected chi connectivity index (χ1v) is 9.85. The summed E-state index contributed by atoms with van der Waals surface area (Å²) in [7, 11) is 0. The maximum absolute atomic E-state index is 13.3. The summed E-state index contributed by atoms with van der Waals surface area (Å²) in [5, 5.41) is 7.30. The van der Waals surface area contributed by atoms with Crippen LogP contribution in [0.5, 0.6) is 0 Å². The Morgan fingerprint density at radius 3 is 2.46 bits per heavy atom. The first-order chi connectivity index (χ1) is 11.7. The summed E-state index contributed by atoms with van der Waals surface area (Å²) in [5.41, 5.74) is 0. The Kier molecular flexibility index (Phi) is 3.46. The number of nitrogens with zero attached hydrogens (tertiary/aromatic N) is 3. The van der Waals surface area contributed by atoms with Crippen molar-refractivity contribution in [3.05, 3.63) is 11.6 Å². The Labute approximate surface area is 143 Å². The molecule has 4 bridgehead atoms. The highest BCUT2D eigenvalue weighted by Crippen LogP contribution is 2.57. The van der Waals surface area contributed by atoms with Gasteiger partial charge in [-0.2, -0.15) is 5.10 Å². The molecule has 5 aliphatic rings. The molecule has 1 aromatic rings. The molecule has 1 amide bonds. The maximum atomic E-state index is 13.3. The molecule has 24 heavy (non-hydrogen) atoms. The third kappa shape index (κ3) is 2.39. The molecule has 6 rings (SSSR count). The van der Waals surface area contributed by atoms with Gasteiger partial charge in [-0.1, -0.05) is 0 Å². The van der Waals surface area contributed by atoms with E-state index in [9.17, 15) is 4.79 Å². The zero-order valence-corrected chi connectivity index (χ0v) is 14.6. The van der Waals surface area contributed by atoms with E-state index in [0.717, 1.165) is 49.4 Å². The summed E-state index contributed by atoms with van der Waals surface area (Å²) in [6.45, 7) is 3.69. The van der Waals surface area contributed by atoms with Gasteiger partial charge in [-0.3, -0.25) is 9.89 Å². The summed E-state index contributed by atoms with van der Waals surface area (Å²) in [4.78, 5) is 20.0. The summed E-state index contributed by atoms with van der Waals surface area (Å²) in [6, 6.07) is 0. The van der Waals surface area contributed by atoms with Gasteiger partial charge in [0.05, 0.1) is 0 Å². The van der Waals surface area contributed by atoms with Crippen LogP contribution < -0.4 is 0 Å². The number of piperidine rings is 1. The van der Waals surface area contributed by atoms with Crippen molar-refractivity contribution >= 4 is 5.91 Å². The van der Waals surface area contributed by atoms with Gasteiger partial charge in [0.15, 0.2) is 5.82 Å². The Hall–Kier alpha value is -1.39. The Morgan fingerprint density at radius 2 is 1.83 bits per heavy atom. The largest absolute Gasteiger partial charge is 0.342 e. The summed E-state index contributed by atoms with van der Waals surface area (Å²) in [5.74, 6) is 6.09. The molecule has 2 heterocycles. The van der Waals surface area contributed by atoms with Crippen LogP contribution in [0.2, 0.25) is 0 Å². The predicted molar refractivity (Wildman–Crippen MR) is 90.2 cm³/mol. The van der Waals surface area contributed by atoms with Gasteiger partial charge in [-0.25, -0.2) is 4.98 Å². The lowest BCUT2D eigenvalue weighted by molar-refractivity contribution is -0.150. The Balaban J connectivity index is 1.32. The smallest absolute Gasteiger partial charge is 0.226 e. The van der Waals surface area contributed by atoms with E-state index in [1.807, 2.05) is 6.92 Å². The van der Waals surface area contributed by atoms with Gasteiger partial charge < -0.3 is 4.90 Å². The van der Waals surface area contributed by atoms with Crippen molar-refractivity contribution in [2.24, 2.45) is 29.6 Å². The second kappa shape index (κ2) is 5.57. The first kappa shape index (κ1) is 14.9. The van der Waals surface area contributed by atoms with Gasteiger partial charge in [0, 0.05) is 24.9 Å². The quantitative estimate of drug-likeness (QED) is 0.908. The normalized spacial score (nSPS) is 41.0. The highest BCUT2D eigenvalue weighted by molar-refractivity contribution is 5.80. The number of amides is 1. The number of carbonyl (C=O) groups is 1. The SMILES string of the molecule is Cc1nc([C@H]2CCCN(C(=O)C3C4CC5CC(C4)CC3C5)C2)n[nH]1. The van der Waals surface area contributed by atoms with Crippen LogP contribution in [0.25, 0.3) is 0 Å². The van der Waals surface area contributed by atoms with Gasteiger partial charge in [0.2, 0.25) is 5.91 Å². The molecule has 130 valence electrons. The zero-order chi connectivity index (χ0) is 16.3. The average Bonchev–Trinajstić information content (AvgIpc) is 3.00. The van der Waals surface area contributed by atoms with Crippen molar-refractivity contribution in [2.45, 2.75) is 57.8 Å². The van der Waals surface area contributed by atoms with E-state index in [1.165, 1.54) is 32.1 Å². The van der Waals surface area contributed by atoms with Crippen LogP contribution in [0.4, 0.5) is 0 Å². The Bertz CT molecular complexity index is 611. The molecule has 0 unspecified atom stereocenters. The molecule has 1 N–H and O–H groups in total. The minimum atomic E-state index is 0.310. The summed E-state index contributed by atoms with van der Waals surface area (Å²) in [6.07, 6.45) is 8.91. The van der Waals surface area contributed by atoms with Crippen molar-refractivity contribution < 1.29 is 4.79 Å². The zero-order valence-electron chi connectivity index (χ0n) is 14.6. The fourth-order valence-corrected chi connectivity index (χ4v) is 6.47. The molecule has 1 aliphatic heterocycles. The third-order valence-corrected chi connectivity index (χ3v) is 7.22. The topological polar surface area (TPSA) is 61.9 Å². The second-order valence-electron chi connectivity index (χ2n) is 8.86. The van der Waals surface area contributed by atoms with Crippen molar-refractivity contribution in [2.75, 3.05) is 13.1 Å². The number of likely N-dealkylation sites (tertiary alicyclic amines) is 1. The summed E-state index contributed by atoms with van der Waals surface area (Å²) < 4.78 is 0. The van der Waals surface area contributed by atoms with E-state index in [2.05, 4.69) is 20.1 Å². The van der Waals surface area contributed by atoms with Gasteiger partial charge in [-0.05, 0) is 75.5 Å². The van der Waals surface area contributed by atoms with Crippen LogP contribution in [0.15, 0.2) is 0 Å². The highest BCUT2D eigenvalue weighted by Gasteiger charge is 2.51. The lowest BCUT2D eigenvalue weighted by Crippen LogP contribution is -2.53. The van der Waals surface area contributed by atoms with Crippen LogP contribution >= 0.6 is 0 Å². The number of aromatic nitrogens is 3. The monoisotopic (exact) mass is 328 g/mol. The van der Waals surface area contributed by atoms with Crippen LogP contribution in [0.3, 0.4) is 0 Å². The Morgan fingerprint density at radius 1 is 1.12 bits per heavy atom. The van der Waals surface area contributed by atoms with E-state index in [0.29, 0.717) is 29.6 Å². The number of aryl methyl sites for hydroxylation is 1. The van der Waals surface area contributed by atoms with E-state index in [4.69, 9.17) is 0 Å². The lowest BCUT2D eigenvalue weighted by Gasteiger charge is -2.54. The van der Waals surface area contributed by atoms with Crippen molar-refractivity contribution in [3.63, 3.8) is 0 Å². The lowest BCUT2D eigenvalue weighted by atomic mass is 9.51. The van der Waals surface area contributed by atoms with Crippen LogP contribution in [0.1, 0.15) is 62.5 Å². The van der Waals surface area contributed by atoms with Crippen LogP contribution in [-0.4, -0.2) is 39.1 Å². The molecule has 0 radical (unpaired) electrons. The van der Waals surface area contributed by atoms with Crippen LogP contribution in [0, 0.1) is 36.5 Å². The van der Waals surface area contributed by atoms with Crippen LogP contribution in [-0.2, 0) is 4.79 Å². The molecule has 1 saturated heterocycles. The molecule has 4 aliphatic carbocycles. The number of rotatable bonds is 2. The van der Waals surface area contributed by atoms with E-state index in [1.54, 1.807) is 0 Å². The molecule has 0 spiro atoms. The predicted octanol–water partition coefficient (Wildman–Crippen LogP) is 2.89. The molecular weight excluding hydrogens is 300 g/mol. The first-order valence-electron chi connectivity index (χ1n) is 9.85. The van der Waals surface area contributed by atoms with Crippen molar-refractivity contribution in [1.29, 1.82) is 0 Å². The summed E-state index contributed by atoms with van der Waals surface area (Å²) >= 11 is 0. The highest BCUT2D eigenvalue weighted by atomic mass is 16.2. The van der Waals surface area contributed by atoms with Gasteiger partial charge in [0.1, 0.15) is 5.82 Å². The molecule has 5 nitrogen and oxygen atoms in total. The molecule has 5 fully saturated rings. The number of carbonyl (C=O) groups excluding carboxylic acids is 1. The maximum Gasteiger partial charge on any atom is 0.226 e. The van der Waals surface area contributed by atoms with E-state index < -0.39 is 0 Å². The van der Waals surface area contributed by atoms with E-state index >= 15 is 0 Å². The fourth-order valence-electron chi connectivity index (χ4n) is 6.47. The number of hydrogen-bond donors (Lipinski definition) is 1. The van der Waals surface area contributed by atoms with Gasteiger partial charge in [-0.15, -0.1) is 0 Å². The number of nitrogens with one attached hydrogen (secondary N) is 1. The molecule has 4 saturated carbocycles. The average molecular weight is 328 g/mol. The molecule has 1 aromatic heterocycles. The fraction of sp³-hybridized carbons (Fsp3) is 0.842. The molecule has 0 aromatic carbocycles. The minimum absolute atomic E-state index is 0.310. The van der Waals surface area contributed by atoms with Crippen molar-refractivity contribution in [1.82, 2.24) is 20.1 Å². The van der Waals surface area contributed by atoms with E-state index in [-0.39, 0.29) is 0 Å².